The first kappa shape index (κ1) is 11.2. The summed E-state index contributed by atoms with van der Waals surface area (Å²) in [6.07, 6.45) is 0. The van der Waals surface area contributed by atoms with E-state index in [4.69, 9.17) is 10.8 Å². The van der Waals surface area contributed by atoms with Gasteiger partial charge in [0.05, 0.1) is 5.69 Å². The molecule has 3 N–H and O–H groups in total. The van der Waals surface area contributed by atoms with E-state index < -0.39 is 5.97 Å². The Kier molecular flexibility index (Phi) is 2.59. The minimum absolute atomic E-state index is 0.152. The summed E-state index contributed by atoms with van der Waals surface area (Å²) in [6.45, 7) is 1.92. The van der Waals surface area contributed by atoms with Crippen molar-refractivity contribution >= 4 is 11.7 Å². The molecule has 1 aromatic heterocycles. The van der Waals surface area contributed by atoms with Gasteiger partial charge in [0.1, 0.15) is 5.69 Å². The number of benzene rings is 1. The van der Waals surface area contributed by atoms with Crippen LogP contribution in [-0.2, 0) is 7.05 Å². The van der Waals surface area contributed by atoms with E-state index in [2.05, 4.69) is 5.10 Å². The molecular weight excluding hydrogens is 218 g/mol. The lowest BCUT2D eigenvalue weighted by molar-refractivity contribution is 0.0685. The minimum atomic E-state index is -0.994. The van der Waals surface area contributed by atoms with Crippen molar-refractivity contribution in [1.29, 1.82) is 0 Å². The molecular formula is C12H13N3O2. The third kappa shape index (κ3) is 1.99. The molecule has 0 aliphatic heterocycles. The van der Waals surface area contributed by atoms with E-state index in [1.807, 2.05) is 19.1 Å². The molecule has 0 saturated heterocycles. The third-order valence-electron chi connectivity index (χ3n) is 2.67. The molecule has 0 aliphatic carbocycles. The number of hydrogen-bond donors (Lipinski definition) is 2. The largest absolute Gasteiger partial charge is 0.477 e. The van der Waals surface area contributed by atoms with Crippen molar-refractivity contribution in [3.8, 4) is 11.3 Å². The van der Waals surface area contributed by atoms with Crippen molar-refractivity contribution in [2.24, 2.45) is 7.05 Å². The van der Waals surface area contributed by atoms with Gasteiger partial charge in [-0.05, 0) is 24.6 Å². The van der Waals surface area contributed by atoms with E-state index in [-0.39, 0.29) is 5.69 Å². The van der Waals surface area contributed by atoms with Crippen molar-refractivity contribution in [1.82, 2.24) is 9.78 Å². The van der Waals surface area contributed by atoms with E-state index in [1.165, 1.54) is 10.7 Å². The zero-order valence-electron chi connectivity index (χ0n) is 9.64. The first-order chi connectivity index (χ1) is 7.99. The number of aryl methyl sites for hydroxylation is 2. The standard InChI is InChI=1S/C12H13N3O2/c1-7-3-4-8(5-9(7)13)10-6-11(12(16)17)15(2)14-10/h3-6H,13H2,1-2H3,(H,16,17). The third-order valence-corrected chi connectivity index (χ3v) is 2.67. The van der Waals surface area contributed by atoms with Gasteiger partial charge in [-0.2, -0.15) is 5.10 Å². The van der Waals surface area contributed by atoms with Gasteiger partial charge in [0, 0.05) is 18.3 Å². The Bertz CT molecular complexity index is 587. The molecule has 0 spiro atoms. The Morgan fingerprint density at radius 3 is 2.65 bits per heavy atom. The molecule has 0 aliphatic rings. The SMILES string of the molecule is Cc1ccc(-c2cc(C(=O)O)n(C)n2)cc1N. The van der Waals surface area contributed by atoms with E-state index in [0.29, 0.717) is 11.4 Å². The highest BCUT2D eigenvalue weighted by atomic mass is 16.4. The Morgan fingerprint density at radius 2 is 2.12 bits per heavy atom. The Morgan fingerprint density at radius 1 is 1.41 bits per heavy atom. The van der Waals surface area contributed by atoms with Gasteiger partial charge in [-0.1, -0.05) is 12.1 Å². The summed E-state index contributed by atoms with van der Waals surface area (Å²) in [5.41, 5.74) is 9.05. The van der Waals surface area contributed by atoms with E-state index >= 15 is 0 Å². The predicted octanol–water partition coefficient (Wildman–Crippen LogP) is 1.68. The molecule has 5 heteroatoms. The van der Waals surface area contributed by atoms with Crippen LogP contribution in [0.2, 0.25) is 0 Å². The fourth-order valence-electron chi connectivity index (χ4n) is 1.61. The van der Waals surface area contributed by atoms with Gasteiger partial charge in [0.25, 0.3) is 0 Å². The fraction of sp³-hybridized carbons (Fsp3) is 0.167. The van der Waals surface area contributed by atoms with Crippen LogP contribution < -0.4 is 5.73 Å². The van der Waals surface area contributed by atoms with Crippen molar-refractivity contribution in [2.75, 3.05) is 5.73 Å². The Hall–Kier alpha value is -2.30. The lowest BCUT2D eigenvalue weighted by Crippen LogP contribution is -2.04. The molecule has 0 atom stereocenters. The first-order valence-electron chi connectivity index (χ1n) is 5.13. The van der Waals surface area contributed by atoms with Crippen molar-refractivity contribution in [3.05, 3.63) is 35.5 Å². The van der Waals surface area contributed by atoms with Crippen LogP contribution in [-0.4, -0.2) is 20.9 Å². The number of aromatic carboxylic acids is 1. The zero-order valence-corrected chi connectivity index (χ0v) is 9.64. The number of nitrogens with zero attached hydrogens (tertiary/aromatic N) is 2. The quantitative estimate of drug-likeness (QED) is 0.770. The molecule has 5 nitrogen and oxygen atoms in total. The van der Waals surface area contributed by atoms with Gasteiger partial charge in [-0.15, -0.1) is 0 Å². The smallest absolute Gasteiger partial charge is 0.354 e. The lowest BCUT2D eigenvalue weighted by Gasteiger charge is -2.01. The summed E-state index contributed by atoms with van der Waals surface area (Å²) in [5.74, 6) is -0.994. The second-order valence-electron chi connectivity index (χ2n) is 3.91. The first-order valence-corrected chi connectivity index (χ1v) is 5.13. The van der Waals surface area contributed by atoms with Crippen LogP contribution in [0.3, 0.4) is 0 Å². The van der Waals surface area contributed by atoms with Gasteiger partial charge in [-0.25, -0.2) is 4.79 Å². The van der Waals surface area contributed by atoms with Gasteiger partial charge >= 0.3 is 5.97 Å². The number of carboxylic acid groups (broad SMARTS) is 1. The summed E-state index contributed by atoms with van der Waals surface area (Å²) < 4.78 is 1.34. The fourth-order valence-corrected chi connectivity index (χ4v) is 1.61. The summed E-state index contributed by atoms with van der Waals surface area (Å²) in [4.78, 5) is 10.9. The number of anilines is 1. The van der Waals surface area contributed by atoms with Crippen LogP contribution in [0.15, 0.2) is 24.3 Å². The average molecular weight is 231 g/mol. The second kappa shape index (κ2) is 3.93. The summed E-state index contributed by atoms with van der Waals surface area (Å²) in [7, 11) is 1.60. The maximum absolute atomic E-state index is 10.9. The van der Waals surface area contributed by atoms with Gasteiger partial charge in [0.15, 0.2) is 0 Å². The predicted molar refractivity (Wildman–Crippen MR) is 64.8 cm³/mol. The molecule has 0 amide bonds. The van der Waals surface area contributed by atoms with Crippen LogP contribution in [0.25, 0.3) is 11.3 Å². The summed E-state index contributed by atoms with van der Waals surface area (Å²) >= 11 is 0. The molecule has 0 fully saturated rings. The van der Waals surface area contributed by atoms with Crippen molar-refractivity contribution in [3.63, 3.8) is 0 Å². The number of hydrogen-bond acceptors (Lipinski definition) is 3. The summed E-state index contributed by atoms with van der Waals surface area (Å²) in [6, 6.07) is 7.09. The highest BCUT2D eigenvalue weighted by molar-refractivity contribution is 5.87. The molecule has 88 valence electrons. The molecule has 0 unspecified atom stereocenters. The van der Waals surface area contributed by atoms with Crippen molar-refractivity contribution < 1.29 is 9.90 Å². The van der Waals surface area contributed by atoms with Crippen LogP contribution in [0.5, 0.6) is 0 Å². The van der Waals surface area contributed by atoms with Gasteiger partial charge in [0.2, 0.25) is 0 Å². The molecule has 17 heavy (non-hydrogen) atoms. The molecule has 2 aromatic rings. The summed E-state index contributed by atoms with van der Waals surface area (Å²) in [5, 5.41) is 13.1. The maximum atomic E-state index is 10.9. The number of aromatic nitrogens is 2. The topological polar surface area (TPSA) is 81.1 Å². The molecule has 2 rings (SSSR count). The zero-order chi connectivity index (χ0) is 12.6. The van der Waals surface area contributed by atoms with Crippen LogP contribution in [0.4, 0.5) is 5.69 Å². The number of carboxylic acids is 1. The molecule has 0 bridgehead atoms. The van der Waals surface area contributed by atoms with Gasteiger partial charge < -0.3 is 10.8 Å². The van der Waals surface area contributed by atoms with E-state index in [1.54, 1.807) is 13.1 Å². The highest BCUT2D eigenvalue weighted by Gasteiger charge is 2.13. The molecule has 0 radical (unpaired) electrons. The number of rotatable bonds is 2. The Labute approximate surface area is 98.5 Å². The van der Waals surface area contributed by atoms with Gasteiger partial charge in [-0.3, -0.25) is 4.68 Å². The monoisotopic (exact) mass is 231 g/mol. The number of carbonyl (C=O) groups is 1. The Balaban J connectivity index is 2.50. The van der Waals surface area contributed by atoms with Crippen LogP contribution in [0.1, 0.15) is 16.1 Å². The van der Waals surface area contributed by atoms with E-state index in [9.17, 15) is 4.79 Å². The number of nitrogen functional groups attached to an aromatic ring is 1. The second-order valence-corrected chi connectivity index (χ2v) is 3.91. The van der Waals surface area contributed by atoms with E-state index in [0.717, 1.165) is 11.1 Å². The molecule has 0 saturated carbocycles. The van der Waals surface area contributed by atoms with Crippen LogP contribution >= 0.6 is 0 Å². The maximum Gasteiger partial charge on any atom is 0.354 e. The average Bonchev–Trinajstić information content (AvgIpc) is 2.64. The minimum Gasteiger partial charge on any atom is -0.477 e. The van der Waals surface area contributed by atoms with Crippen molar-refractivity contribution in [2.45, 2.75) is 6.92 Å². The molecule has 1 aromatic carbocycles. The number of nitrogens with two attached hydrogens (primary N) is 1. The normalized spacial score (nSPS) is 10.5. The van der Waals surface area contributed by atoms with Crippen LogP contribution in [0, 0.1) is 6.92 Å². The molecule has 1 heterocycles. The highest BCUT2D eigenvalue weighted by Crippen LogP contribution is 2.23. The lowest BCUT2D eigenvalue weighted by atomic mass is 10.1.